The van der Waals surface area contributed by atoms with Gasteiger partial charge in [-0.2, -0.15) is 0 Å². The number of hydrogen-bond donors (Lipinski definition) is 0. The van der Waals surface area contributed by atoms with Crippen molar-refractivity contribution in [3.8, 4) is 0 Å². The van der Waals surface area contributed by atoms with Gasteiger partial charge in [0.25, 0.3) is 0 Å². The minimum Gasteiger partial charge on any atom is -0.342 e. The van der Waals surface area contributed by atoms with Crippen molar-refractivity contribution in [1.82, 2.24) is 14.9 Å². The molecule has 0 spiro atoms. The lowest BCUT2D eigenvalue weighted by atomic mass is 9.91. The van der Waals surface area contributed by atoms with Gasteiger partial charge in [0.1, 0.15) is 17.5 Å². The summed E-state index contributed by atoms with van der Waals surface area (Å²) in [5.74, 6) is 1.24. The van der Waals surface area contributed by atoms with E-state index >= 15 is 0 Å². The molecule has 7 heteroatoms. The molecule has 1 fully saturated rings. The highest BCUT2D eigenvalue weighted by molar-refractivity contribution is 6.00. The number of amides is 2. The second-order valence-corrected chi connectivity index (χ2v) is 9.87. The molecule has 32 heavy (non-hydrogen) atoms. The van der Waals surface area contributed by atoms with Gasteiger partial charge in [0.15, 0.2) is 0 Å². The maximum absolute atomic E-state index is 14.1. The summed E-state index contributed by atoms with van der Waals surface area (Å²) < 4.78 is 14.1. The Morgan fingerprint density at radius 1 is 1.22 bits per heavy atom. The van der Waals surface area contributed by atoms with E-state index in [4.69, 9.17) is 9.97 Å². The Labute approximate surface area is 188 Å². The molecule has 1 atom stereocenters. The Balaban J connectivity index is 1.57. The van der Waals surface area contributed by atoms with Crippen molar-refractivity contribution in [3.05, 3.63) is 52.7 Å². The van der Waals surface area contributed by atoms with E-state index in [0.29, 0.717) is 36.7 Å². The standard InChI is InChI=1S/C25H31FN4O2/c1-16-19-14-21(31)30(13-11-17-8-5-6-10-20(17)26)23(19)28-22(27-16)18-9-7-12-29(15-18)24(32)25(2,3)4/h5-6,8,10,18H,7,9,11-15H2,1-4H3/t18-/m0/s1. The molecule has 2 aromatic rings. The zero-order valence-electron chi connectivity index (χ0n) is 19.3. The number of hydrogen-bond acceptors (Lipinski definition) is 4. The lowest BCUT2D eigenvalue weighted by Crippen LogP contribution is -2.45. The maximum Gasteiger partial charge on any atom is 0.232 e. The SMILES string of the molecule is Cc1nc([C@H]2CCCN(C(=O)C(C)(C)C)C2)nc2c1CC(=O)N2CCc1ccccc1F. The molecule has 2 aliphatic heterocycles. The lowest BCUT2D eigenvalue weighted by molar-refractivity contribution is -0.140. The van der Waals surface area contributed by atoms with Crippen molar-refractivity contribution >= 4 is 17.6 Å². The fourth-order valence-electron chi connectivity index (χ4n) is 4.59. The summed E-state index contributed by atoms with van der Waals surface area (Å²) in [4.78, 5) is 38.7. The van der Waals surface area contributed by atoms with Crippen LogP contribution in [0, 0.1) is 18.2 Å². The minimum atomic E-state index is -0.424. The molecule has 170 valence electrons. The molecule has 1 saturated heterocycles. The molecule has 4 rings (SSSR count). The van der Waals surface area contributed by atoms with E-state index in [0.717, 1.165) is 30.6 Å². The van der Waals surface area contributed by atoms with Gasteiger partial charge in [-0.25, -0.2) is 14.4 Å². The quantitative estimate of drug-likeness (QED) is 0.728. The molecule has 6 nitrogen and oxygen atoms in total. The Morgan fingerprint density at radius 2 is 1.97 bits per heavy atom. The first-order chi connectivity index (χ1) is 15.1. The summed E-state index contributed by atoms with van der Waals surface area (Å²) in [5.41, 5.74) is 1.83. The fraction of sp³-hybridized carbons (Fsp3) is 0.520. The van der Waals surface area contributed by atoms with Crippen LogP contribution in [0.2, 0.25) is 0 Å². The smallest absolute Gasteiger partial charge is 0.232 e. The fourth-order valence-corrected chi connectivity index (χ4v) is 4.59. The Bertz CT molecular complexity index is 1050. The van der Waals surface area contributed by atoms with Crippen LogP contribution in [0.15, 0.2) is 24.3 Å². The first-order valence-corrected chi connectivity index (χ1v) is 11.4. The van der Waals surface area contributed by atoms with Crippen molar-refractivity contribution in [2.75, 3.05) is 24.5 Å². The first-order valence-electron chi connectivity index (χ1n) is 11.4. The van der Waals surface area contributed by atoms with Gasteiger partial charge in [0.05, 0.1) is 6.42 Å². The van der Waals surface area contributed by atoms with Gasteiger partial charge < -0.3 is 4.90 Å². The summed E-state index contributed by atoms with van der Waals surface area (Å²) in [6, 6.07) is 6.65. The summed E-state index contributed by atoms with van der Waals surface area (Å²) in [7, 11) is 0. The Kier molecular flexibility index (Phi) is 6.01. The Hall–Kier alpha value is -2.83. The number of carbonyl (C=O) groups is 2. The molecular formula is C25H31FN4O2. The molecule has 2 amide bonds. The molecule has 0 bridgehead atoms. The third-order valence-corrected chi connectivity index (χ3v) is 6.37. The van der Waals surface area contributed by atoms with E-state index in [9.17, 15) is 14.0 Å². The van der Waals surface area contributed by atoms with Crippen LogP contribution >= 0.6 is 0 Å². The minimum absolute atomic E-state index is 0.0286. The van der Waals surface area contributed by atoms with E-state index < -0.39 is 5.41 Å². The Morgan fingerprint density at radius 3 is 2.69 bits per heavy atom. The summed E-state index contributed by atoms with van der Waals surface area (Å²) in [5, 5.41) is 0. The van der Waals surface area contributed by atoms with Crippen LogP contribution in [0.5, 0.6) is 0 Å². The van der Waals surface area contributed by atoms with Gasteiger partial charge in [-0.1, -0.05) is 39.0 Å². The normalized spacial score (nSPS) is 18.8. The molecule has 0 N–H and O–H groups in total. The number of aryl methyl sites for hydroxylation is 1. The monoisotopic (exact) mass is 438 g/mol. The molecule has 0 aliphatic carbocycles. The van der Waals surface area contributed by atoms with Gasteiger partial charge in [-0.15, -0.1) is 0 Å². The average molecular weight is 439 g/mol. The van der Waals surface area contributed by atoms with Crippen LogP contribution in [-0.2, 0) is 22.4 Å². The number of piperidine rings is 1. The second-order valence-electron chi connectivity index (χ2n) is 9.87. The summed E-state index contributed by atoms with van der Waals surface area (Å²) in [6.07, 6.45) is 2.52. The van der Waals surface area contributed by atoms with E-state index in [1.54, 1.807) is 23.1 Å². The highest BCUT2D eigenvalue weighted by Gasteiger charge is 2.35. The van der Waals surface area contributed by atoms with Crippen LogP contribution < -0.4 is 4.90 Å². The van der Waals surface area contributed by atoms with Crippen LogP contribution in [-0.4, -0.2) is 46.3 Å². The molecule has 1 aromatic heterocycles. The second kappa shape index (κ2) is 8.60. The number of rotatable bonds is 4. The van der Waals surface area contributed by atoms with Crippen LogP contribution in [0.1, 0.15) is 62.2 Å². The number of nitrogens with zero attached hydrogens (tertiary/aromatic N) is 4. The number of carbonyl (C=O) groups excluding carboxylic acids is 2. The van der Waals surface area contributed by atoms with Crippen molar-refractivity contribution < 1.29 is 14.0 Å². The maximum atomic E-state index is 14.1. The van der Waals surface area contributed by atoms with Gasteiger partial charge in [-0.3, -0.25) is 14.5 Å². The average Bonchev–Trinajstić information content (AvgIpc) is 3.08. The number of aromatic nitrogens is 2. The highest BCUT2D eigenvalue weighted by Crippen LogP contribution is 2.33. The summed E-state index contributed by atoms with van der Waals surface area (Å²) >= 11 is 0. The first kappa shape index (κ1) is 22.4. The van der Waals surface area contributed by atoms with E-state index in [-0.39, 0.29) is 30.0 Å². The van der Waals surface area contributed by atoms with Crippen LogP contribution in [0.25, 0.3) is 0 Å². The zero-order valence-corrected chi connectivity index (χ0v) is 19.3. The number of fused-ring (bicyclic) bond motifs is 1. The number of halogens is 1. The van der Waals surface area contributed by atoms with Crippen molar-refractivity contribution in [1.29, 1.82) is 0 Å². The molecule has 0 radical (unpaired) electrons. The van der Waals surface area contributed by atoms with Gasteiger partial charge in [0, 0.05) is 42.2 Å². The largest absolute Gasteiger partial charge is 0.342 e. The molecule has 3 heterocycles. The molecule has 1 aromatic carbocycles. The van der Waals surface area contributed by atoms with E-state index in [1.165, 1.54) is 6.07 Å². The van der Waals surface area contributed by atoms with Gasteiger partial charge in [-0.05, 0) is 37.8 Å². The number of anilines is 1. The van der Waals surface area contributed by atoms with Gasteiger partial charge in [0.2, 0.25) is 11.8 Å². The third-order valence-electron chi connectivity index (χ3n) is 6.37. The van der Waals surface area contributed by atoms with Crippen molar-refractivity contribution in [3.63, 3.8) is 0 Å². The highest BCUT2D eigenvalue weighted by atomic mass is 19.1. The topological polar surface area (TPSA) is 66.4 Å². The molecular weight excluding hydrogens is 407 g/mol. The van der Waals surface area contributed by atoms with Gasteiger partial charge >= 0.3 is 0 Å². The summed E-state index contributed by atoms with van der Waals surface area (Å²) in [6.45, 7) is 9.46. The van der Waals surface area contributed by atoms with E-state index in [1.807, 2.05) is 32.6 Å². The zero-order chi connectivity index (χ0) is 23.0. The third kappa shape index (κ3) is 4.38. The molecule has 0 saturated carbocycles. The molecule has 0 unspecified atom stereocenters. The molecule has 2 aliphatic rings. The van der Waals surface area contributed by atoms with E-state index in [2.05, 4.69) is 0 Å². The van der Waals surface area contributed by atoms with Crippen LogP contribution in [0.4, 0.5) is 10.2 Å². The lowest BCUT2D eigenvalue weighted by Gasteiger charge is -2.36. The predicted molar refractivity (Wildman–Crippen MR) is 121 cm³/mol. The predicted octanol–water partition coefficient (Wildman–Crippen LogP) is 3.81. The van der Waals surface area contributed by atoms with Crippen molar-refractivity contribution in [2.24, 2.45) is 5.41 Å². The number of benzene rings is 1. The van der Waals surface area contributed by atoms with Crippen LogP contribution in [0.3, 0.4) is 0 Å². The van der Waals surface area contributed by atoms with Crippen molar-refractivity contribution in [2.45, 2.75) is 59.3 Å². The number of likely N-dealkylation sites (tertiary alicyclic amines) is 1.